The molecule has 0 bridgehead atoms. The van der Waals surface area contributed by atoms with Crippen molar-refractivity contribution < 1.29 is 0 Å². The van der Waals surface area contributed by atoms with Crippen molar-refractivity contribution in [1.29, 1.82) is 0 Å². The number of benzene rings is 1. The van der Waals surface area contributed by atoms with Crippen LogP contribution in [0.1, 0.15) is 19.0 Å². The first kappa shape index (κ1) is 15.0. The van der Waals surface area contributed by atoms with Crippen LogP contribution in [0.15, 0.2) is 29.6 Å². The van der Waals surface area contributed by atoms with Gasteiger partial charge in [-0.2, -0.15) is 0 Å². The van der Waals surface area contributed by atoms with Crippen molar-refractivity contribution in [2.24, 2.45) is 11.7 Å². The molecule has 21 heavy (non-hydrogen) atoms. The Morgan fingerprint density at radius 3 is 2.95 bits per heavy atom. The summed E-state index contributed by atoms with van der Waals surface area (Å²) < 4.78 is 0. The van der Waals surface area contributed by atoms with Gasteiger partial charge in [0.1, 0.15) is 5.01 Å². The van der Waals surface area contributed by atoms with E-state index in [1.165, 1.54) is 6.42 Å². The third kappa shape index (κ3) is 3.29. The van der Waals surface area contributed by atoms with Crippen molar-refractivity contribution in [3.8, 4) is 10.6 Å². The molecule has 1 fully saturated rings. The number of nitrogens with zero attached hydrogens (tertiary/aromatic N) is 2. The average Bonchev–Trinajstić information content (AvgIpc) is 3.07. The van der Waals surface area contributed by atoms with E-state index in [2.05, 4.69) is 17.2 Å². The molecule has 2 N–H and O–H groups in total. The third-order valence-electron chi connectivity index (χ3n) is 4.14. The number of hydrogen-bond acceptors (Lipinski definition) is 4. The van der Waals surface area contributed by atoms with Crippen molar-refractivity contribution in [2.75, 3.05) is 13.1 Å². The molecule has 112 valence electrons. The molecule has 3 rings (SSSR count). The fourth-order valence-electron chi connectivity index (χ4n) is 2.95. The van der Waals surface area contributed by atoms with Gasteiger partial charge >= 0.3 is 0 Å². The Hall–Kier alpha value is -0.940. The highest BCUT2D eigenvalue weighted by atomic mass is 35.5. The molecule has 0 amide bonds. The van der Waals surface area contributed by atoms with Gasteiger partial charge in [-0.25, -0.2) is 4.98 Å². The number of likely N-dealkylation sites (tertiary alicyclic amines) is 1. The average molecular weight is 322 g/mol. The summed E-state index contributed by atoms with van der Waals surface area (Å²) in [4.78, 5) is 7.23. The van der Waals surface area contributed by atoms with Crippen LogP contribution in [0, 0.1) is 5.92 Å². The summed E-state index contributed by atoms with van der Waals surface area (Å²) in [6, 6.07) is 8.46. The smallest absolute Gasteiger partial charge is 0.125 e. The van der Waals surface area contributed by atoms with Gasteiger partial charge in [-0.3, -0.25) is 4.90 Å². The molecular formula is C16H20ClN3S. The molecule has 1 aliphatic rings. The lowest BCUT2D eigenvalue weighted by atomic mass is 10.1. The predicted molar refractivity (Wildman–Crippen MR) is 89.6 cm³/mol. The summed E-state index contributed by atoms with van der Waals surface area (Å²) >= 11 is 7.90. The molecule has 2 heterocycles. The van der Waals surface area contributed by atoms with Crippen LogP contribution < -0.4 is 5.73 Å². The minimum atomic E-state index is 0.587. The van der Waals surface area contributed by atoms with Gasteiger partial charge in [0.2, 0.25) is 0 Å². The van der Waals surface area contributed by atoms with E-state index in [4.69, 9.17) is 22.3 Å². The maximum absolute atomic E-state index is 6.24. The number of nitrogens with two attached hydrogens (primary N) is 1. The highest BCUT2D eigenvalue weighted by Gasteiger charge is 2.28. The zero-order chi connectivity index (χ0) is 14.8. The SMILES string of the molecule is CC1CC(CN)CN1Cc1csc(-c2ccccc2Cl)n1. The van der Waals surface area contributed by atoms with E-state index in [9.17, 15) is 0 Å². The summed E-state index contributed by atoms with van der Waals surface area (Å²) in [5.41, 5.74) is 7.94. The summed E-state index contributed by atoms with van der Waals surface area (Å²) in [6.45, 7) is 5.04. The lowest BCUT2D eigenvalue weighted by Gasteiger charge is -2.19. The van der Waals surface area contributed by atoms with Crippen LogP contribution in [0.3, 0.4) is 0 Å². The van der Waals surface area contributed by atoms with Crippen molar-refractivity contribution >= 4 is 22.9 Å². The molecule has 0 spiro atoms. The normalized spacial score (nSPS) is 22.8. The molecule has 2 atom stereocenters. The minimum Gasteiger partial charge on any atom is -0.330 e. The number of aromatic nitrogens is 1. The second-order valence-corrected chi connectivity index (χ2v) is 7.01. The first-order chi connectivity index (χ1) is 10.2. The van der Waals surface area contributed by atoms with Crippen molar-refractivity contribution in [3.63, 3.8) is 0 Å². The molecule has 1 aliphatic heterocycles. The Kier molecular flexibility index (Phi) is 4.60. The quantitative estimate of drug-likeness (QED) is 0.935. The molecule has 2 unspecified atom stereocenters. The molecule has 2 aromatic rings. The third-order valence-corrected chi connectivity index (χ3v) is 5.40. The van der Waals surface area contributed by atoms with Gasteiger partial charge in [0.05, 0.1) is 10.7 Å². The highest BCUT2D eigenvalue weighted by molar-refractivity contribution is 7.13. The Labute approximate surface area is 134 Å². The molecule has 0 aliphatic carbocycles. The maximum atomic E-state index is 6.24. The Bertz CT molecular complexity index is 613. The summed E-state index contributed by atoms with van der Waals surface area (Å²) in [7, 11) is 0. The Balaban J connectivity index is 1.73. The number of rotatable bonds is 4. The first-order valence-electron chi connectivity index (χ1n) is 7.30. The molecular weight excluding hydrogens is 302 g/mol. The van der Waals surface area contributed by atoms with Gasteiger partial charge in [-0.1, -0.05) is 29.8 Å². The van der Waals surface area contributed by atoms with Gasteiger partial charge in [0.25, 0.3) is 0 Å². The molecule has 0 saturated carbocycles. The van der Waals surface area contributed by atoms with Crippen LogP contribution in [0.25, 0.3) is 10.6 Å². The zero-order valence-electron chi connectivity index (χ0n) is 12.1. The van der Waals surface area contributed by atoms with E-state index >= 15 is 0 Å². The Morgan fingerprint density at radius 2 is 2.24 bits per heavy atom. The van der Waals surface area contributed by atoms with Gasteiger partial charge < -0.3 is 5.73 Å². The number of hydrogen-bond donors (Lipinski definition) is 1. The van der Waals surface area contributed by atoms with Gasteiger partial charge in [-0.15, -0.1) is 11.3 Å². The lowest BCUT2D eigenvalue weighted by Crippen LogP contribution is -2.27. The minimum absolute atomic E-state index is 0.587. The van der Waals surface area contributed by atoms with Crippen molar-refractivity contribution in [3.05, 3.63) is 40.4 Å². The molecule has 1 saturated heterocycles. The molecule has 1 aromatic heterocycles. The standard InChI is InChI=1S/C16H20ClN3S/c1-11-6-12(7-18)8-20(11)9-13-10-21-16(19-13)14-4-2-3-5-15(14)17/h2-5,10-12H,6-9,18H2,1H3. The highest BCUT2D eigenvalue weighted by Crippen LogP contribution is 2.31. The van der Waals surface area contributed by atoms with E-state index in [-0.39, 0.29) is 0 Å². The summed E-state index contributed by atoms with van der Waals surface area (Å²) in [5.74, 6) is 0.627. The molecule has 3 nitrogen and oxygen atoms in total. The fraction of sp³-hybridized carbons (Fsp3) is 0.438. The van der Waals surface area contributed by atoms with E-state index < -0.39 is 0 Å². The van der Waals surface area contributed by atoms with E-state index in [0.29, 0.717) is 12.0 Å². The fourth-order valence-corrected chi connectivity index (χ4v) is 4.09. The maximum Gasteiger partial charge on any atom is 0.125 e. The van der Waals surface area contributed by atoms with Gasteiger partial charge in [0, 0.05) is 30.1 Å². The van der Waals surface area contributed by atoms with Crippen LogP contribution in [0.5, 0.6) is 0 Å². The lowest BCUT2D eigenvalue weighted by molar-refractivity contribution is 0.253. The van der Waals surface area contributed by atoms with E-state index in [1.54, 1.807) is 11.3 Å². The monoisotopic (exact) mass is 321 g/mol. The van der Waals surface area contributed by atoms with Crippen LogP contribution in [0.4, 0.5) is 0 Å². The van der Waals surface area contributed by atoms with Crippen LogP contribution >= 0.6 is 22.9 Å². The van der Waals surface area contributed by atoms with Gasteiger partial charge in [-0.05, 0) is 31.9 Å². The molecule has 5 heteroatoms. The number of halogens is 1. The van der Waals surface area contributed by atoms with Crippen molar-refractivity contribution in [1.82, 2.24) is 9.88 Å². The first-order valence-corrected chi connectivity index (χ1v) is 8.56. The van der Waals surface area contributed by atoms with E-state index in [1.807, 2.05) is 24.3 Å². The van der Waals surface area contributed by atoms with E-state index in [0.717, 1.165) is 40.9 Å². The largest absolute Gasteiger partial charge is 0.330 e. The topological polar surface area (TPSA) is 42.1 Å². The number of thiazole rings is 1. The predicted octanol–water partition coefficient (Wildman–Crippen LogP) is 3.63. The van der Waals surface area contributed by atoms with Crippen molar-refractivity contribution in [2.45, 2.75) is 25.9 Å². The second-order valence-electron chi connectivity index (χ2n) is 5.74. The summed E-state index contributed by atoms with van der Waals surface area (Å²) in [5, 5.41) is 3.90. The Morgan fingerprint density at radius 1 is 1.43 bits per heavy atom. The van der Waals surface area contributed by atoms with Gasteiger partial charge in [0.15, 0.2) is 0 Å². The molecule has 0 radical (unpaired) electrons. The van der Waals surface area contributed by atoms with Crippen LogP contribution in [0.2, 0.25) is 5.02 Å². The zero-order valence-corrected chi connectivity index (χ0v) is 13.7. The second kappa shape index (κ2) is 6.44. The molecule has 1 aromatic carbocycles. The van der Waals surface area contributed by atoms with Crippen LogP contribution in [-0.2, 0) is 6.54 Å². The summed E-state index contributed by atoms with van der Waals surface area (Å²) in [6.07, 6.45) is 1.19. The van der Waals surface area contributed by atoms with Crippen LogP contribution in [-0.4, -0.2) is 29.0 Å².